The first-order valence-electron chi connectivity index (χ1n) is 44.5. The quantitative estimate of drug-likeness (QED) is 0.00823. The van der Waals surface area contributed by atoms with Gasteiger partial charge in [0.1, 0.15) is 0 Å². The normalized spacial score (nSPS) is 16.8. The van der Waals surface area contributed by atoms with Gasteiger partial charge in [-0.1, -0.05) is 241 Å². The third-order valence-electron chi connectivity index (χ3n) is 20.9. The van der Waals surface area contributed by atoms with Gasteiger partial charge in [-0.3, -0.25) is 28.8 Å². The van der Waals surface area contributed by atoms with Crippen LogP contribution in [-0.2, 0) is 52.5 Å². The first-order valence-corrected chi connectivity index (χ1v) is 48.3. The Hall–Kier alpha value is -2.47. The predicted octanol–water partition coefficient (Wildman–Crippen LogP) is 21.1. The summed E-state index contributed by atoms with van der Waals surface area (Å²) in [5.74, 6) is 2.37. The van der Waals surface area contributed by atoms with Crippen LogP contribution in [0, 0.1) is 12.3 Å². The molecule has 0 amide bonds. The Balaban J connectivity index is -0.0000000842. The van der Waals surface area contributed by atoms with Crippen molar-refractivity contribution >= 4 is 104 Å². The van der Waals surface area contributed by atoms with Crippen molar-refractivity contribution in [3.05, 3.63) is 90.7 Å². The summed E-state index contributed by atoms with van der Waals surface area (Å²) in [6.07, 6.45) is 60.6. The van der Waals surface area contributed by atoms with Crippen LogP contribution in [0.15, 0.2) is 90.7 Å². The monoisotopic (exact) mass is 2140 g/mol. The summed E-state index contributed by atoms with van der Waals surface area (Å²) in [6.45, 7) is 26.0. The van der Waals surface area contributed by atoms with E-state index in [2.05, 4.69) is 95.0 Å². The molecule has 3 aliphatic rings. The number of ether oxygens (including phenoxy) is 5. The number of aliphatic hydroxyl groups excluding tert-OH is 1. The van der Waals surface area contributed by atoms with Gasteiger partial charge >= 0.3 is 228 Å². The van der Waals surface area contributed by atoms with Crippen LogP contribution in [0.1, 0.15) is 454 Å². The van der Waals surface area contributed by atoms with E-state index in [1.807, 2.05) is 71.1 Å². The third kappa shape index (κ3) is 91.3. The number of esters is 3. The number of carbonyl (C=O) groups is 6. The van der Waals surface area contributed by atoms with Crippen molar-refractivity contribution in [1.82, 2.24) is 0 Å². The average Bonchev–Trinajstić information content (AvgIpc) is 1.69. The number of unbranched alkanes of at least 4 members (excludes halogenated alkanes) is 15. The molecule has 0 bridgehead atoms. The van der Waals surface area contributed by atoms with Gasteiger partial charge in [-0.2, -0.15) is 0 Å². The van der Waals surface area contributed by atoms with Gasteiger partial charge in [-0.25, -0.2) is 0 Å². The Morgan fingerprint density at radius 1 is 0.438 bits per heavy atom. The van der Waals surface area contributed by atoms with Crippen molar-refractivity contribution in [2.75, 3.05) is 35.5 Å². The maximum atomic E-state index is 12.4. The second kappa shape index (κ2) is 99.0. The molecule has 0 aromatic rings. The molecule has 0 aromatic carbocycles. The predicted molar refractivity (Wildman–Crippen MR) is 553 cm³/mol. The number of carbonyl (C=O) groups excluding carboxylic acids is 6. The Kier molecular flexibility index (Phi) is 123. The van der Waals surface area contributed by atoms with Crippen molar-refractivity contribution in [3.63, 3.8) is 0 Å². The van der Waals surface area contributed by atoms with Gasteiger partial charge in [0.25, 0.3) is 0 Å². The molecule has 18 nitrogen and oxygen atoms in total. The molecule has 0 heterocycles. The maximum absolute atomic E-state index is 12.4. The Morgan fingerprint density at radius 2 is 0.758 bits per heavy atom. The zero-order valence-electron chi connectivity index (χ0n) is 79.6. The SMILES string of the molecule is C.C.C.C.C.C.C.C.C.C#CCC(C)(O)CCCC.CC/C=C/CC(C)([O-])CCCC.CCCCC(C)(O)C/C=C/C1=C(CCCCCCC(=O)OC)C(=O)CC1O.CCCCC(C)(O)C/C=C/C1=C(CCCCCCC(=O)OC)C(=O)CC1OC.CCCCC(C)(O)C/C=[CH]/[SnH].CCCCC(C)(O)CC=[CH][SnH].COC(=O)CCCCCCC1=CC(OC)CC1=O.[H+].[Li+].[SnH2]. The van der Waals surface area contributed by atoms with Crippen LogP contribution < -0.4 is 24.0 Å². The second-order valence-electron chi connectivity index (χ2n) is 33.4. The van der Waals surface area contributed by atoms with Crippen LogP contribution in [-0.4, -0.2) is 222 Å². The van der Waals surface area contributed by atoms with E-state index in [1.165, 1.54) is 34.2 Å². The molecule has 0 saturated heterocycles. The summed E-state index contributed by atoms with van der Waals surface area (Å²) in [6, 6.07) is 0. The van der Waals surface area contributed by atoms with Crippen LogP contribution in [0.3, 0.4) is 0 Å². The molecule has 752 valence electrons. The summed E-state index contributed by atoms with van der Waals surface area (Å²) in [5, 5.41) is 71.7. The van der Waals surface area contributed by atoms with Gasteiger partial charge in [0.05, 0.1) is 56.4 Å². The minimum absolute atomic E-state index is 0. The van der Waals surface area contributed by atoms with E-state index < -0.39 is 39.7 Å². The molecule has 6 radical (unpaired) electrons. The average molecular weight is 2130 g/mol. The van der Waals surface area contributed by atoms with E-state index in [9.17, 15) is 64.5 Å². The van der Waals surface area contributed by atoms with E-state index in [0.29, 0.717) is 69.8 Å². The van der Waals surface area contributed by atoms with Gasteiger partial charge in [-0.15, -0.1) is 17.9 Å². The summed E-state index contributed by atoms with van der Waals surface area (Å²) in [4.78, 5) is 69.3. The fourth-order valence-electron chi connectivity index (χ4n) is 13.1. The number of aliphatic hydroxyl groups is 6. The Labute approximate surface area is 848 Å². The molecular formula is C106H208LiO18Sn3+. The van der Waals surface area contributed by atoms with Gasteiger partial charge < -0.3 is 49.2 Å². The van der Waals surface area contributed by atoms with Crippen molar-refractivity contribution < 1.29 is 108 Å². The third-order valence-corrected chi connectivity index (χ3v) is 22.4. The molecule has 0 spiro atoms. The summed E-state index contributed by atoms with van der Waals surface area (Å²) >= 11 is 2.30. The number of ketones is 3. The molecule has 0 aromatic heterocycles. The van der Waals surface area contributed by atoms with Crippen molar-refractivity contribution in [2.45, 2.75) is 504 Å². The van der Waals surface area contributed by atoms with E-state index in [1.54, 1.807) is 21.1 Å². The standard InChI is InChI=1S/C23H38O5.C22H36O5.C14H22O4.C11H21O.2C9H17O.C9H16O.9CH4.Li.3Sn.4H/c1-5-6-15-23(2,26)16-11-13-19-18(20(24)17-21(19)27-3)12-9-7-8-10-14-22(25)28-4;1-4-5-14-22(2,26)15-10-12-18-17(19(23)16-20(18)24)11-8-6-7-9-13-21(25)27-3;1-17-12-9-11(13(15)10-12)7-5-3-4-6-8-14(16)18-2;1-4-6-8-10-11(3,12)9-7-5-2;3*1-4-6-8-9(3,10)7-5-2;;;;;;;;;;;;;;;;;/h11,13,21,26H,5-10,12,14-17H2,1-4H3;10,12,20,24,26H,4-9,11,13-16H2,1-3H3;9,12H,3-8,10H2,1-2H3;6,8H,4-5,7,9-10H2,1-3H3;2*2,5,10H,4,6-8H2,1,3H3;2,10H,4,6-8H2,1,3H3;9*1H4;;;;;;;;/q;;;-1;;;;;;;;;;;;;+1;;;;;;;/p+1/b13-11+;12-10+;;8-6+;;;;;;;;;;;;;;;;;;;;. The van der Waals surface area contributed by atoms with E-state index >= 15 is 0 Å². The summed E-state index contributed by atoms with van der Waals surface area (Å²) < 4.78 is 28.7. The van der Waals surface area contributed by atoms with E-state index in [0.717, 1.165) is 279 Å². The number of Topliss-reactive ketones (excluding diaryl/α,β-unsaturated/α-hetero) is 3. The number of hydrogen-bond acceptors (Lipinski definition) is 18. The van der Waals surface area contributed by atoms with Crippen LogP contribution in [0.2, 0.25) is 0 Å². The molecule has 128 heavy (non-hydrogen) atoms. The fraction of sp³-hybridized carbons (Fsp3) is 0.774. The van der Waals surface area contributed by atoms with E-state index in [4.69, 9.17) is 15.9 Å². The van der Waals surface area contributed by atoms with Crippen molar-refractivity contribution in [1.29, 1.82) is 0 Å². The molecule has 9 atom stereocenters. The molecule has 3 aliphatic carbocycles. The van der Waals surface area contributed by atoms with Crippen LogP contribution in [0.5, 0.6) is 0 Å². The first kappa shape index (κ1) is 159. The fourth-order valence-corrected chi connectivity index (χ4v) is 13.8. The van der Waals surface area contributed by atoms with Crippen LogP contribution in [0.4, 0.5) is 0 Å². The topological polar surface area (TPSA) is 293 Å². The van der Waals surface area contributed by atoms with Gasteiger partial charge in [0, 0.05) is 70.3 Å². The second-order valence-corrected chi connectivity index (χ2v) is 35.6. The zero-order chi connectivity index (χ0) is 89.6. The number of rotatable bonds is 55. The number of hydrogen-bond donors (Lipinski definition) is 6. The van der Waals surface area contributed by atoms with Gasteiger partial charge in [0.2, 0.25) is 0 Å². The number of terminal acetylenes is 1. The van der Waals surface area contributed by atoms with Gasteiger partial charge in [0.15, 0.2) is 17.3 Å². The summed E-state index contributed by atoms with van der Waals surface area (Å²) in [7, 11) is 7.48. The number of allylic oxidation sites excluding steroid dienone is 4. The molecular weight excluding hydrogens is 1920 g/mol. The molecule has 6 N–H and O–H groups in total. The first-order chi connectivity index (χ1) is 55.3. The molecule has 0 aliphatic heterocycles. The summed E-state index contributed by atoms with van der Waals surface area (Å²) in [5.41, 5.74) is 0.420. The Morgan fingerprint density at radius 3 is 1.08 bits per heavy atom. The van der Waals surface area contributed by atoms with Crippen LogP contribution >= 0.6 is 0 Å². The minimum atomic E-state index is -0.750. The number of methoxy groups -OCH3 is 5. The van der Waals surface area contributed by atoms with Crippen molar-refractivity contribution in [3.8, 4) is 12.3 Å². The molecule has 22 heteroatoms. The molecule has 9 unspecified atom stereocenters. The molecule has 3 rings (SSSR count). The van der Waals surface area contributed by atoms with Crippen molar-refractivity contribution in [2.24, 2.45) is 0 Å². The molecule has 0 saturated carbocycles. The van der Waals surface area contributed by atoms with Crippen LogP contribution in [0.25, 0.3) is 0 Å². The molecule has 0 fully saturated rings. The van der Waals surface area contributed by atoms with E-state index in [-0.39, 0.29) is 165 Å². The van der Waals surface area contributed by atoms with Gasteiger partial charge in [-0.05, 0) is 146 Å². The zero-order valence-corrected chi connectivity index (χ0v) is 89.3. The Bertz CT molecular complexity index is 2910.